The lowest BCUT2D eigenvalue weighted by molar-refractivity contribution is -0.167. The Morgan fingerprint density at radius 3 is 0.588 bits per heavy atom. The van der Waals surface area contributed by atoms with Gasteiger partial charge in [0.2, 0.25) is 0 Å². The molecule has 0 amide bonds. The highest BCUT2D eigenvalue weighted by molar-refractivity contribution is 5.71. The largest absolute Gasteiger partial charge is 0.462 e. The number of ether oxygens (including phenoxy) is 3. The molecule has 0 aromatic carbocycles. The van der Waals surface area contributed by atoms with E-state index >= 15 is 0 Å². The lowest BCUT2D eigenvalue weighted by Gasteiger charge is -2.18. The highest BCUT2D eigenvalue weighted by atomic mass is 16.6. The van der Waals surface area contributed by atoms with E-state index in [0.29, 0.717) is 19.3 Å². The third kappa shape index (κ3) is 55.3. The monoisotopic (exact) mass is 961 g/mol. The minimum atomic E-state index is -0.761. The van der Waals surface area contributed by atoms with Gasteiger partial charge in [0.15, 0.2) is 6.10 Å². The average molecular weight is 962 g/mol. The molecule has 0 rings (SSSR count). The molecular formula is C62H120O6. The predicted molar refractivity (Wildman–Crippen MR) is 294 cm³/mol. The fraction of sp³-hybridized carbons (Fsp3) is 0.952. The molecule has 0 bridgehead atoms. The van der Waals surface area contributed by atoms with Gasteiger partial charge in [0, 0.05) is 19.3 Å². The summed E-state index contributed by atoms with van der Waals surface area (Å²) < 4.78 is 16.9. The summed E-state index contributed by atoms with van der Waals surface area (Å²) in [4.78, 5) is 38.2. The van der Waals surface area contributed by atoms with Crippen molar-refractivity contribution in [2.24, 2.45) is 0 Å². The standard InChI is InChI=1S/C62H120O6/c1-4-7-10-13-16-19-22-25-27-29-31-32-34-35-37-40-43-46-49-52-55-61(64)67-58-59(57-66-60(63)54-51-48-45-42-39-24-21-18-15-12-9-6-3)68-62(65)56-53-50-47-44-41-38-36-33-30-28-26-23-20-17-14-11-8-5-2/h59H,4-58H2,1-3H3. The van der Waals surface area contributed by atoms with Crippen molar-refractivity contribution < 1.29 is 28.6 Å². The molecule has 0 aliphatic rings. The quantitative estimate of drug-likeness (QED) is 0.0343. The van der Waals surface area contributed by atoms with Crippen LogP contribution in [-0.4, -0.2) is 37.2 Å². The number of hydrogen-bond donors (Lipinski definition) is 0. The van der Waals surface area contributed by atoms with Gasteiger partial charge in [0.05, 0.1) is 0 Å². The maximum Gasteiger partial charge on any atom is 0.306 e. The molecule has 404 valence electrons. The zero-order valence-corrected chi connectivity index (χ0v) is 46.4. The second-order valence-corrected chi connectivity index (χ2v) is 21.3. The molecule has 0 aliphatic heterocycles. The van der Waals surface area contributed by atoms with E-state index in [0.717, 1.165) is 57.8 Å². The highest BCUT2D eigenvalue weighted by Gasteiger charge is 2.19. The van der Waals surface area contributed by atoms with Gasteiger partial charge in [-0.05, 0) is 19.3 Å². The van der Waals surface area contributed by atoms with Crippen LogP contribution in [0, 0.1) is 0 Å². The lowest BCUT2D eigenvalue weighted by Crippen LogP contribution is -2.30. The van der Waals surface area contributed by atoms with E-state index in [2.05, 4.69) is 20.8 Å². The van der Waals surface area contributed by atoms with Crippen molar-refractivity contribution in [3.05, 3.63) is 0 Å². The van der Waals surface area contributed by atoms with Crippen molar-refractivity contribution in [1.29, 1.82) is 0 Å². The van der Waals surface area contributed by atoms with Crippen LogP contribution in [0.25, 0.3) is 0 Å². The first-order valence-corrected chi connectivity index (χ1v) is 31.0. The van der Waals surface area contributed by atoms with Gasteiger partial charge < -0.3 is 14.2 Å². The number of carbonyl (C=O) groups excluding carboxylic acids is 3. The Kier molecular flexibility index (Phi) is 56.6. The molecule has 0 saturated carbocycles. The second-order valence-electron chi connectivity index (χ2n) is 21.3. The van der Waals surface area contributed by atoms with Gasteiger partial charge in [-0.3, -0.25) is 14.4 Å². The summed E-state index contributed by atoms with van der Waals surface area (Å²) in [6.45, 7) is 6.72. The van der Waals surface area contributed by atoms with Crippen LogP contribution in [0.15, 0.2) is 0 Å². The van der Waals surface area contributed by atoms with Gasteiger partial charge in [-0.15, -0.1) is 0 Å². The van der Waals surface area contributed by atoms with E-state index in [-0.39, 0.29) is 31.1 Å². The smallest absolute Gasteiger partial charge is 0.306 e. The molecule has 68 heavy (non-hydrogen) atoms. The number of hydrogen-bond acceptors (Lipinski definition) is 6. The van der Waals surface area contributed by atoms with Crippen molar-refractivity contribution >= 4 is 17.9 Å². The number of esters is 3. The molecule has 1 atom stereocenters. The molecule has 0 saturated heterocycles. The van der Waals surface area contributed by atoms with Crippen molar-refractivity contribution in [3.63, 3.8) is 0 Å². The summed E-state index contributed by atoms with van der Waals surface area (Å²) in [5.74, 6) is -0.828. The van der Waals surface area contributed by atoms with Crippen molar-refractivity contribution in [3.8, 4) is 0 Å². The van der Waals surface area contributed by atoms with Crippen LogP contribution < -0.4 is 0 Å². The maximum atomic E-state index is 12.9. The Hall–Kier alpha value is -1.59. The molecule has 0 heterocycles. The van der Waals surface area contributed by atoms with Crippen LogP contribution in [0.1, 0.15) is 361 Å². The second kappa shape index (κ2) is 58.0. The summed E-state index contributed by atoms with van der Waals surface area (Å²) in [7, 11) is 0. The Morgan fingerprint density at radius 1 is 0.235 bits per heavy atom. The zero-order valence-electron chi connectivity index (χ0n) is 46.4. The third-order valence-corrected chi connectivity index (χ3v) is 14.4. The summed E-state index contributed by atoms with van der Waals surface area (Å²) >= 11 is 0. The SMILES string of the molecule is CCCCCCCCCCCCCCCCCCCCCCC(=O)OCC(COC(=O)CCCCCCCCCCCCCC)OC(=O)CCCCCCCCCCCCCCCCCCCC. The molecule has 6 nitrogen and oxygen atoms in total. The third-order valence-electron chi connectivity index (χ3n) is 14.4. The Balaban J connectivity index is 4.24. The number of rotatable bonds is 58. The lowest BCUT2D eigenvalue weighted by atomic mass is 10.0. The van der Waals surface area contributed by atoms with Gasteiger partial charge in [-0.2, -0.15) is 0 Å². The fourth-order valence-electron chi connectivity index (χ4n) is 9.68. The van der Waals surface area contributed by atoms with E-state index in [9.17, 15) is 14.4 Å². The van der Waals surface area contributed by atoms with Gasteiger partial charge in [-0.25, -0.2) is 0 Å². The van der Waals surface area contributed by atoms with Crippen LogP contribution in [0.3, 0.4) is 0 Å². The minimum absolute atomic E-state index is 0.0607. The van der Waals surface area contributed by atoms with Crippen molar-refractivity contribution in [1.82, 2.24) is 0 Å². The zero-order chi connectivity index (χ0) is 49.3. The Bertz CT molecular complexity index is 1010. The van der Waals surface area contributed by atoms with Crippen molar-refractivity contribution in [2.75, 3.05) is 13.2 Å². The molecule has 0 aromatic heterocycles. The Morgan fingerprint density at radius 2 is 0.397 bits per heavy atom. The molecule has 0 radical (unpaired) electrons. The van der Waals surface area contributed by atoms with E-state index in [1.807, 2.05) is 0 Å². The van der Waals surface area contributed by atoms with Crippen molar-refractivity contribution in [2.45, 2.75) is 367 Å². The Labute approximate surface area is 425 Å². The average Bonchev–Trinajstić information content (AvgIpc) is 3.34. The fourth-order valence-corrected chi connectivity index (χ4v) is 9.68. The topological polar surface area (TPSA) is 78.9 Å². The van der Waals surface area contributed by atoms with Crippen LogP contribution in [0.2, 0.25) is 0 Å². The highest BCUT2D eigenvalue weighted by Crippen LogP contribution is 2.18. The maximum absolute atomic E-state index is 12.9. The minimum Gasteiger partial charge on any atom is -0.462 e. The molecular weight excluding hydrogens is 841 g/mol. The molecule has 0 N–H and O–H groups in total. The van der Waals surface area contributed by atoms with Gasteiger partial charge in [0.25, 0.3) is 0 Å². The molecule has 0 spiro atoms. The summed E-state index contributed by atoms with van der Waals surface area (Å²) in [6, 6.07) is 0. The van der Waals surface area contributed by atoms with E-state index in [1.54, 1.807) is 0 Å². The van der Waals surface area contributed by atoms with Gasteiger partial charge in [-0.1, -0.05) is 323 Å². The van der Waals surface area contributed by atoms with Crippen LogP contribution in [0.5, 0.6) is 0 Å². The summed E-state index contributed by atoms with van der Waals surface area (Å²) in [6.07, 6.45) is 65.3. The number of carbonyl (C=O) groups is 3. The predicted octanol–water partition coefficient (Wildman–Crippen LogP) is 20.7. The molecule has 0 fully saturated rings. The van der Waals surface area contributed by atoms with Crippen LogP contribution >= 0.6 is 0 Å². The molecule has 0 aromatic rings. The summed E-state index contributed by atoms with van der Waals surface area (Å²) in [5, 5.41) is 0. The summed E-state index contributed by atoms with van der Waals surface area (Å²) in [5.41, 5.74) is 0. The first-order chi connectivity index (χ1) is 33.5. The van der Waals surface area contributed by atoms with E-state index in [1.165, 1.54) is 263 Å². The van der Waals surface area contributed by atoms with Crippen LogP contribution in [-0.2, 0) is 28.6 Å². The number of unbranched alkanes of at least 4 members (excludes halogenated alkanes) is 47. The normalized spacial score (nSPS) is 11.9. The van der Waals surface area contributed by atoms with Crippen LogP contribution in [0.4, 0.5) is 0 Å². The van der Waals surface area contributed by atoms with Gasteiger partial charge >= 0.3 is 17.9 Å². The van der Waals surface area contributed by atoms with Gasteiger partial charge in [0.1, 0.15) is 13.2 Å². The van der Waals surface area contributed by atoms with E-state index < -0.39 is 6.10 Å². The van der Waals surface area contributed by atoms with E-state index in [4.69, 9.17) is 14.2 Å². The first-order valence-electron chi connectivity index (χ1n) is 31.0. The molecule has 6 heteroatoms. The molecule has 0 aliphatic carbocycles. The molecule has 1 unspecified atom stereocenters. The first kappa shape index (κ1) is 66.4.